The molecule has 4 heterocycles. The first-order valence-electron chi connectivity index (χ1n) is 23.8. The van der Waals surface area contributed by atoms with Gasteiger partial charge >= 0.3 is 6.03 Å². The Balaban J connectivity index is 0.754. The highest BCUT2D eigenvalue weighted by Crippen LogP contribution is 2.56. The number of likely N-dealkylation sites (tertiary alicyclic amines) is 1. The van der Waals surface area contributed by atoms with Gasteiger partial charge in [0.15, 0.2) is 23.0 Å². The van der Waals surface area contributed by atoms with E-state index in [2.05, 4.69) is 37.3 Å². The number of methoxy groups -OCH3 is 1. The van der Waals surface area contributed by atoms with E-state index in [1.807, 2.05) is 56.4 Å². The Morgan fingerprint density at radius 1 is 0.971 bits per heavy atom. The van der Waals surface area contributed by atoms with Gasteiger partial charge in [0.1, 0.15) is 11.6 Å². The van der Waals surface area contributed by atoms with Crippen LogP contribution in [0, 0.1) is 17.6 Å². The summed E-state index contributed by atoms with van der Waals surface area (Å²) in [6.45, 7) is 5.95. The minimum atomic E-state index is -1.07. The van der Waals surface area contributed by atoms with E-state index in [4.69, 9.17) is 26.8 Å². The number of urea groups is 1. The number of benzene rings is 4. The summed E-state index contributed by atoms with van der Waals surface area (Å²) in [6, 6.07) is 19.4. The van der Waals surface area contributed by atoms with E-state index in [1.165, 1.54) is 30.2 Å². The number of primary amides is 1. The molecule has 0 bridgehead atoms. The van der Waals surface area contributed by atoms with Crippen LogP contribution < -0.4 is 41.4 Å². The fourth-order valence-electron chi connectivity index (χ4n) is 10.7. The number of ether oxygens (including phenoxy) is 2. The molecule has 1 aliphatic carbocycles. The normalized spacial score (nSPS) is 22.0. The fourth-order valence-corrected chi connectivity index (χ4v) is 11.0. The van der Waals surface area contributed by atoms with Gasteiger partial charge in [-0.1, -0.05) is 48.9 Å². The third-order valence-corrected chi connectivity index (χ3v) is 14.9. The van der Waals surface area contributed by atoms with Crippen LogP contribution in [0.15, 0.2) is 66.7 Å². The number of carbonyl (C=O) groups is 4. The van der Waals surface area contributed by atoms with Gasteiger partial charge in [0, 0.05) is 104 Å². The molecule has 3 aliphatic heterocycles. The zero-order chi connectivity index (χ0) is 48.6. The molecule has 1 aromatic heterocycles. The van der Waals surface area contributed by atoms with Gasteiger partial charge in [0.2, 0.25) is 17.7 Å². The summed E-state index contributed by atoms with van der Waals surface area (Å²) in [5.41, 5.74) is 7.39. The van der Waals surface area contributed by atoms with E-state index in [0.717, 1.165) is 86.7 Å². The lowest BCUT2D eigenvalue weighted by Crippen LogP contribution is -2.49. The fraction of sp³-hybridized carbons (Fsp3) is 0.431. The summed E-state index contributed by atoms with van der Waals surface area (Å²) < 4.78 is 45.7. The summed E-state index contributed by atoms with van der Waals surface area (Å²) in [6.07, 6.45) is 6.06. The summed E-state index contributed by atoms with van der Waals surface area (Å²) >= 11 is 6.68. The van der Waals surface area contributed by atoms with Crippen molar-refractivity contribution in [3.05, 3.63) is 100 Å². The van der Waals surface area contributed by atoms with Gasteiger partial charge in [0.05, 0.1) is 23.2 Å². The lowest BCUT2D eigenvalue weighted by molar-refractivity contribution is -0.126. The minimum Gasteiger partial charge on any atom is -0.494 e. The predicted octanol–water partition coefficient (Wildman–Crippen LogP) is 7.35. The molecule has 0 spiro atoms. The van der Waals surface area contributed by atoms with Crippen molar-refractivity contribution in [3.8, 4) is 22.6 Å². The molecule has 3 fully saturated rings. The number of hydrogen-bond acceptors (Lipinski definition) is 10. The lowest BCUT2D eigenvalue weighted by atomic mass is 9.77. The van der Waals surface area contributed by atoms with Crippen LogP contribution in [0.25, 0.3) is 22.0 Å². The van der Waals surface area contributed by atoms with Gasteiger partial charge in [-0.2, -0.15) is 5.10 Å². The maximum Gasteiger partial charge on any atom is 0.329 e. The van der Waals surface area contributed by atoms with Crippen molar-refractivity contribution in [1.29, 1.82) is 0 Å². The number of fused-ring (bicyclic) bond motifs is 2. The van der Waals surface area contributed by atoms with Crippen LogP contribution in [0.5, 0.6) is 11.5 Å². The second-order valence-corrected chi connectivity index (χ2v) is 19.1. The Hall–Kier alpha value is -6.30. The number of anilines is 2. The molecule has 364 valence electrons. The molecule has 1 saturated carbocycles. The number of nitrogens with two attached hydrogens (primary N) is 1. The number of aromatic nitrogens is 2. The highest BCUT2D eigenvalue weighted by atomic mass is 35.5. The molecule has 6 N–H and O–H groups in total. The number of amides is 5. The first-order chi connectivity index (χ1) is 33.3. The molecule has 15 nitrogen and oxygen atoms in total. The molecule has 4 aliphatic rings. The van der Waals surface area contributed by atoms with Crippen molar-refractivity contribution in [1.82, 2.24) is 30.6 Å². The topological polar surface area (TPSA) is 185 Å². The third-order valence-electron chi connectivity index (χ3n) is 14.6. The van der Waals surface area contributed by atoms with Crippen LogP contribution in [-0.2, 0) is 22.2 Å². The largest absolute Gasteiger partial charge is 0.494 e. The van der Waals surface area contributed by atoms with Crippen LogP contribution in [0.4, 0.5) is 25.1 Å². The summed E-state index contributed by atoms with van der Waals surface area (Å²) in [5, 5.41) is 18.1. The molecule has 5 amide bonds. The molecule has 5 aromatic rings. The van der Waals surface area contributed by atoms with Gasteiger partial charge in [-0.25, -0.2) is 13.6 Å². The maximum absolute atomic E-state index is 16.2. The smallest absolute Gasteiger partial charge is 0.329 e. The zero-order valence-corrected chi connectivity index (χ0v) is 39.8. The van der Waals surface area contributed by atoms with Crippen molar-refractivity contribution >= 4 is 57.8 Å². The van der Waals surface area contributed by atoms with Crippen molar-refractivity contribution < 1.29 is 37.4 Å². The highest BCUT2D eigenvalue weighted by molar-refractivity contribution is 6.34. The average Bonchev–Trinajstić information content (AvgIpc) is 3.82. The summed E-state index contributed by atoms with van der Waals surface area (Å²) in [7, 11) is 3.15. The molecule has 2 unspecified atom stereocenters. The second kappa shape index (κ2) is 20.0. The van der Waals surface area contributed by atoms with Crippen LogP contribution in [0.1, 0.15) is 85.7 Å². The maximum atomic E-state index is 16.2. The Bertz CT molecular complexity index is 2780. The van der Waals surface area contributed by atoms with Crippen LogP contribution >= 0.6 is 11.6 Å². The Labute approximate surface area is 404 Å². The number of nitrogens with zero attached hydrogens (tertiary/aromatic N) is 4. The second-order valence-electron chi connectivity index (χ2n) is 18.7. The molecular weight excluding hydrogens is 908 g/mol. The molecule has 18 heteroatoms. The Morgan fingerprint density at radius 3 is 2.43 bits per heavy atom. The number of carbonyl (C=O) groups excluding carboxylic acids is 4. The van der Waals surface area contributed by atoms with E-state index in [0.29, 0.717) is 37.1 Å². The van der Waals surface area contributed by atoms with Crippen molar-refractivity contribution in [2.24, 2.45) is 18.7 Å². The van der Waals surface area contributed by atoms with Gasteiger partial charge in [-0.3, -0.25) is 29.3 Å². The SMILES string of the molecule is COc1ccc(C(N)=O)c(-c2c(Cl)c(F)cc3c2C(C)C(CNC2CCC(C(=O)NCCCN4CCC(Nc5ccc6c(N7CCC(=O)NC7=O)nn(C)c6c5)CC4)CC2)(c2ccccc2)O3)c1F. The van der Waals surface area contributed by atoms with Crippen molar-refractivity contribution in [3.63, 3.8) is 0 Å². The number of nitrogens with one attached hydrogen (secondary N) is 4. The summed E-state index contributed by atoms with van der Waals surface area (Å²) in [5.74, 6) is -2.85. The number of aryl methyl sites for hydroxylation is 1. The minimum absolute atomic E-state index is 0.00718. The van der Waals surface area contributed by atoms with Gasteiger partial charge < -0.3 is 36.1 Å². The predicted molar refractivity (Wildman–Crippen MR) is 260 cm³/mol. The number of hydrogen-bond donors (Lipinski definition) is 5. The van der Waals surface area contributed by atoms with E-state index in [-0.39, 0.29) is 63.4 Å². The van der Waals surface area contributed by atoms with E-state index in [1.54, 1.807) is 4.68 Å². The standard InChI is InChI=1S/C51H58ClF2N9O6/c1-29-42-40(27-37(53)45(52)44(42)43-36(47(55)65)16-17-39(68-3)46(43)54)69-51(29,31-8-5-4-6-9-31)28-57-32-12-10-30(11-13-32)49(66)56-21-7-22-62-23-18-33(19-24-62)58-34-14-15-35-38(26-34)61(2)60-48(35)63-25-20-41(64)59-50(63)67/h4-6,8-9,14-17,26-27,29-30,32-33,57-58H,7,10-13,18-25,28H2,1-3H3,(H2,55,65)(H,56,66)(H,59,64,67). The summed E-state index contributed by atoms with van der Waals surface area (Å²) in [4.78, 5) is 54.1. The highest BCUT2D eigenvalue weighted by Gasteiger charge is 2.50. The number of halogens is 3. The zero-order valence-electron chi connectivity index (χ0n) is 39.0. The first-order valence-corrected chi connectivity index (χ1v) is 24.1. The van der Waals surface area contributed by atoms with Crippen LogP contribution in [0.3, 0.4) is 0 Å². The van der Waals surface area contributed by atoms with E-state index in [9.17, 15) is 19.2 Å². The monoisotopic (exact) mass is 965 g/mol. The van der Waals surface area contributed by atoms with Crippen molar-refractivity contribution in [2.45, 2.75) is 81.9 Å². The number of rotatable bonds is 15. The molecule has 4 aromatic carbocycles. The average molecular weight is 967 g/mol. The quantitative estimate of drug-likeness (QED) is 0.0665. The molecule has 2 saturated heterocycles. The molecular formula is C51H58ClF2N9O6. The Morgan fingerprint density at radius 2 is 1.72 bits per heavy atom. The molecule has 0 radical (unpaired) electrons. The third kappa shape index (κ3) is 9.43. The Kier molecular flexibility index (Phi) is 13.8. The van der Waals surface area contributed by atoms with Crippen molar-refractivity contribution in [2.75, 3.05) is 56.6 Å². The molecule has 9 rings (SSSR count). The van der Waals surface area contributed by atoms with Gasteiger partial charge in [-0.15, -0.1) is 0 Å². The van der Waals surface area contributed by atoms with Crippen LogP contribution in [0.2, 0.25) is 5.02 Å². The number of piperidine rings is 1. The molecule has 2 atom stereocenters. The lowest BCUT2D eigenvalue weighted by Gasteiger charge is -2.37. The van der Waals surface area contributed by atoms with E-state index < -0.39 is 35.1 Å². The van der Waals surface area contributed by atoms with Gasteiger partial charge in [-0.05, 0) is 87.4 Å². The number of imide groups is 1. The van der Waals surface area contributed by atoms with Crippen LogP contribution in [-0.4, -0.2) is 96.9 Å². The molecule has 69 heavy (non-hydrogen) atoms. The van der Waals surface area contributed by atoms with E-state index >= 15 is 8.78 Å². The van der Waals surface area contributed by atoms with Gasteiger partial charge in [0.25, 0.3) is 0 Å². The first kappa shape index (κ1) is 47.8.